The number of hydrogen-bond acceptors (Lipinski definition) is 2. The summed E-state index contributed by atoms with van der Waals surface area (Å²) in [6.07, 6.45) is 3.18. The molecule has 0 saturated heterocycles. The number of nitrogens with zero attached hydrogens (tertiary/aromatic N) is 1. The number of nitriles is 1. The van der Waals surface area contributed by atoms with Gasteiger partial charge in [0.25, 0.3) is 0 Å². The van der Waals surface area contributed by atoms with Gasteiger partial charge in [-0.2, -0.15) is 5.26 Å². The summed E-state index contributed by atoms with van der Waals surface area (Å²) in [4.78, 5) is 3.27. The van der Waals surface area contributed by atoms with E-state index in [1.807, 2.05) is 6.07 Å². The fraction of sp³-hybridized carbons (Fsp3) is 0. The van der Waals surface area contributed by atoms with E-state index in [9.17, 15) is 8.60 Å². The van der Waals surface area contributed by atoms with Crippen LogP contribution in [0.5, 0.6) is 0 Å². The average molecular weight is 328 g/mol. The molecule has 1 aromatic heterocycles. The van der Waals surface area contributed by atoms with E-state index in [0.29, 0.717) is 9.37 Å². The standard InChI is InChI=1S/C11H7BrFN3OS/c12-8-5-15-6-11(8)18(17)16-10-2-1-7(4-14)3-9(10)13/h1-3,5-6,15-16H. The lowest BCUT2D eigenvalue weighted by Gasteiger charge is -2.06. The van der Waals surface area contributed by atoms with Crippen LogP contribution in [0.3, 0.4) is 0 Å². The summed E-state index contributed by atoms with van der Waals surface area (Å²) in [5.41, 5.74) is 0.298. The van der Waals surface area contributed by atoms with E-state index in [0.717, 1.165) is 6.07 Å². The van der Waals surface area contributed by atoms with Crippen molar-refractivity contribution in [1.82, 2.24) is 4.98 Å². The zero-order chi connectivity index (χ0) is 13.1. The van der Waals surface area contributed by atoms with Gasteiger partial charge in [-0.25, -0.2) is 8.60 Å². The molecule has 0 saturated carbocycles. The molecule has 0 aliphatic rings. The van der Waals surface area contributed by atoms with Gasteiger partial charge in [0.15, 0.2) is 11.0 Å². The van der Waals surface area contributed by atoms with Crippen LogP contribution in [-0.2, 0) is 11.0 Å². The molecular formula is C11H7BrFN3OS. The predicted octanol–water partition coefficient (Wildman–Crippen LogP) is 2.92. The van der Waals surface area contributed by atoms with Crippen LogP contribution in [-0.4, -0.2) is 9.19 Å². The van der Waals surface area contributed by atoms with E-state index in [-0.39, 0.29) is 11.3 Å². The fourth-order valence-corrected chi connectivity index (χ4v) is 2.87. The summed E-state index contributed by atoms with van der Waals surface area (Å²) in [5, 5.41) is 8.61. The van der Waals surface area contributed by atoms with Crippen molar-refractivity contribution >= 4 is 32.6 Å². The highest BCUT2D eigenvalue weighted by molar-refractivity contribution is 9.10. The van der Waals surface area contributed by atoms with Crippen LogP contribution in [0, 0.1) is 17.1 Å². The molecule has 7 heteroatoms. The Balaban J connectivity index is 2.23. The van der Waals surface area contributed by atoms with Crippen LogP contribution in [0.15, 0.2) is 40.0 Å². The van der Waals surface area contributed by atoms with Crippen molar-refractivity contribution in [2.75, 3.05) is 4.72 Å². The van der Waals surface area contributed by atoms with Gasteiger partial charge in [-0.05, 0) is 34.1 Å². The second kappa shape index (κ2) is 5.33. The Morgan fingerprint density at radius 1 is 1.44 bits per heavy atom. The van der Waals surface area contributed by atoms with Crippen molar-refractivity contribution in [3.63, 3.8) is 0 Å². The second-order valence-corrected chi connectivity index (χ2v) is 5.38. The summed E-state index contributed by atoms with van der Waals surface area (Å²) in [6.45, 7) is 0. The number of hydrogen-bond donors (Lipinski definition) is 2. The van der Waals surface area contributed by atoms with Crippen molar-refractivity contribution in [1.29, 1.82) is 5.26 Å². The molecule has 92 valence electrons. The summed E-state index contributed by atoms with van der Waals surface area (Å²) >= 11 is 3.22. The fourth-order valence-electron chi connectivity index (χ4n) is 1.29. The molecule has 2 N–H and O–H groups in total. The van der Waals surface area contributed by atoms with E-state index in [1.165, 1.54) is 12.1 Å². The lowest BCUT2D eigenvalue weighted by atomic mass is 10.2. The van der Waals surface area contributed by atoms with Crippen LogP contribution < -0.4 is 4.72 Å². The molecule has 0 spiro atoms. The molecule has 0 aliphatic carbocycles. The van der Waals surface area contributed by atoms with Gasteiger partial charge in [-0.15, -0.1) is 0 Å². The van der Waals surface area contributed by atoms with Gasteiger partial charge in [-0.1, -0.05) is 0 Å². The molecule has 0 radical (unpaired) electrons. The Hall–Kier alpha value is -1.65. The Kier molecular flexibility index (Phi) is 3.79. The quantitative estimate of drug-likeness (QED) is 0.910. The first kappa shape index (κ1) is 12.8. The molecule has 2 rings (SSSR count). The van der Waals surface area contributed by atoms with Gasteiger partial charge in [0.1, 0.15) is 5.82 Å². The highest BCUT2D eigenvalue weighted by Gasteiger charge is 2.12. The maximum absolute atomic E-state index is 13.6. The normalized spacial score (nSPS) is 11.8. The lowest BCUT2D eigenvalue weighted by molar-refractivity contribution is 0.631. The summed E-state index contributed by atoms with van der Waals surface area (Å²) in [5.74, 6) is -0.617. The molecule has 0 fully saturated rings. The Morgan fingerprint density at radius 3 is 2.78 bits per heavy atom. The first-order valence-corrected chi connectivity index (χ1v) is 6.76. The molecule has 1 aromatic carbocycles. The second-order valence-electron chi connectivity index (χ2n) is 3.34. The molecule has 1 atom stereocenters. The maximum Gasteiger partial charge on any atom is 0.153 e. The Morgan fingerprint density at radius 2 is 2.22 bits per heavy atom. The third-order valence-corrected chi connectivity index (χ3v) is 4.22. The number of halogens is 2. The van der Waals surface area contributed by atoms with Gasteiger partial charge in [0, 0.05) is 12.4 Å². The van der Waals surface area contributed by atoms with Crippen molar-refractivity contribution in [2.45, 2.75) is 4.90 Å². The van der Waals surface area contributed by atoms with Crippen molar-refractivity contribution < 1.29 is 8.60 Å². The molecular weight excluding hydrogens is 321 g/mol. The number of aromatic nitrogens is 1. The van der Waals surface area contributed by atoms with E-state index in [2.05, 4.69) is 25.6 Å². The minimum atomic E-state index is -1.58. The highest BCUT2D eigenvalue weighted by atomic mass is 79.9. The minimum Gasteiger partial charge on any atom is -0.365 e. The topological polar surface area (TPSA) is 68.7 Å². The van der Waals surface area contributed by atoms with Gasteiger partial charge >= 0.3 is 0 Å². The third kappa shape index (κ3) is 2.60. The van der Waals surface area contributed by atoms with Crippen LogP contribution in [0.2, 0.25) is 0 Å². The Labute approximate surface area is 114 Å². The largest absolute Gasteiger partial charge is 0.365 e. The molecule has 2 aromatic rings. The molecule has 4 nitrogen and oxygen atoms in total. The van der Waals surface area contributed by atoms with Gasteiger partial charge in [0.05, 0.1) is 26.7 Å². The summed E-state index contributed by atoms with van der Waals surface area (Å²) < 4.78 is 28.7. The molecule has 0 aliphatic heterocycles. The van der Waals surface area contributed by atoms with Crippen LogP contribution in [0.25, 0.3) is 0 Å². The first-order valence-electron chi connectivity index (χ1n) is 4.82. The van der Waals surface area contributed by atoms with Gasteiger partial charge in [-0.3, -0.25) is 4.72 Å². The molecule has 1 heterocycles. The zero-order valence-corrected chi connectivity index (χ0v) is 11.3. The number of aromatic amines is 1. The zero-order valence-electron chi connectivity index (χ0n) is 8.91. The molecule has 18 heavy (non-hydrogen) atoms. The van der Waals surface area contributed by atoms with Crippen molar-refractivity contribution in [3.8, 4) is 6.07 Å². The van der Waals surface area contributed by atoms with Crippen LogP contribution in [0.1, 0.15) is 5.56 Å². The van der Waals surface area contributed by atoms with E-state index >= 15 is 0 Å². The number of benzene rings is 1. The number of H-pyrrole nitrogens is 1. The van der Waals surface area contributed by atoms with Crippen molar-refractivity contribution in [2.24, 2.45) is 0 Å². The average Bonchev–Trinajstić information content (AvgIpc) is 2.78. The lowest BCUT2D eigenvalue weighted by Crippen LogP contribution is -2.06. The van der Waals surface area contributed by atoms with E-state index in [1.54, 1.807) is 12.4 Å². The highest BCUT2D eigenvalue weighted by Crippen LogP contribution is 2.22. The number of anilines is 1. The maximum atomic E-state index is 13.6. The van der Waals surface area contributed by atoms with E-state index < -0.39 is 16.8 Å². The number of rotatable bonds is 3. The van der Waals surface area contributed by atoms with E-state index in [4.69, 9.17) is 5.26 Å². The minimum absolute atomic E-state index is 0.0837. The van der Waals surface area contributed by atoms with Gasteiger partial charge < -0.3 is 4.98 Å². The molecule has 0 bridgehead atoms. The monoisotopic (exact) mass is 327 g/mol. The summed E-state index contributed by atoms with van der Waals surface area (Å²) in [6, 6.07) is 5.75. The predicted molar refractivity (Wildman–Crippen MR) is 69.6 cm³/mol. The number of nitrogens with one attached hydrogen (secondary N) is 2. The SMILES string of the molecule is N#Cc1ccc(NS(=O)c2c[nH]cc2Br)c(F)c1. The Bertz CT molecular complexity index is 650. The smallest absolute Gasteiger partial charge is 0.153 e. The summed E-state index contributed by atoms with van der Waals surface area (Å²) in [7, 11) is -1.58. The first-order chi connectivity index (χ1) is 8.61. The van der Waals surface area contributed by atoms with Crippen LogP contribution >= 0.6 is 15.9 Å². The molecule has 1 unspecified atom stereocenters. The molecule has 0 amide bonds. The third-order valence-electron chi connectivity index (χ3n) is 2.16. The van der Waals surface area contributed by atoms with Gasteiger partial charge in [0.2, 0.25) is 0 Å². The van der Waals surface area contributed by atoms with Crippen LogP contribution in [0.4, 0.5) is 10.1 Å². The van der Waals surface area contributed by atoms with Crippen molar-refractivity contribution in [3.05, 3.63) is 46.4 Å².